The predicted octanol–water partition coefficient (Wildman–Crippen LogP) is 3.34. The number of para-hydroxylation sites is 1. The number of benzene rings is 2. The maximum Gasteiger partial charge on any atom is 0.255 e. The summed E-state index contributed by atoms with van der Waals surface area (Å²) in [6.45, 7) is 2.46. The number of methoxy groups -OCH3 is 1. The van der Waals surface area contributed by atoms with Crippen LogP contribution >= 0.6 is 0 Å². The van der Waals surface area contributed by atoms with Crippen LogP contribution in [0.5, 0.6) is 5.75 Å². The Kier molecular flexibility index (Phi) is 7.37. The summed E-state index contributed by atoms with van der Waals surface area (Å²) in [5.74, 6) is 0.714. The average Bonchev–Trinajstić information content (AvgIpc) is 2.83. The van der Waals surface area contributed by atoms with Crippen molar-refractivity contribution in [3.05, 3.63) is 65.2 Å². The third-order valence-corrected chi connectivity index (χ3v) is 6.62. The van der Waals surface area contributed by atoms with E-state index in [0.29, 0.717) is 17.9 Å². The summed E-state index contributed by atoms with van der Waals surface area (Å²) in [6.07, 6.45) is 5.30. The molecular weight excluding hydrogens is 402 g/mol. The topological polar surface area (TPSA) is 104 Å². The van der Waals surface area contributed by atoms with Gasteiger partial charge in [0.2, 0.25) is 12.2 Å². The van der Waals surface area contributed by atoms with Gasteiger partial charge in [0, 0.05) is 25.0 Å². The van der Waals surface area contributed by atoms with E-state index < -0.39 is 0 Å². The summed E-state index contributed by atoms with van der Waals surface area (Å²) < 4.78 is 5.47. The number of nitrogens with one attached hydrogen (secondary N) is 1. The highest BCUT2D eigenvalue weighted by Crippen LogP contribution is 2.40. The minimum atomic E-state index is -0.174. The van der Waals surface area contributed by atoms with E-state index in [4.69, 9.17) is 15.7 Å². The van der Waals surface area contributed by atoms with Crippen LogP contribution in [0, 0.1) is 18.4 Å². The highest BCUT2D eigenvalue weighted by Gasteiger charge is 2.38. The second-order valence-electron chi connectivity index (χ2n) is 8.40. The number of aryl methyl sites for hydroxylation is 1. The van der Waals surface area contributed by atoms with Gasteiger partial charge in [-0.3, -0.25) is 4.79 Å². The molecule has 0 saturated heterocycles. The zero-order valence-corrected chi connectivity index (χ0v) is 19.0. The number of aliphatic imine (C=N–C) groups is 1. The Morgan fingerprint density at radius 3 is 2.56 bits per heavy atom. The lowest BCUT2D eigenvalue weighted by atomic mass is 9.68. The number of nitrogens with zero attached hydrogens (tertiary/aromatic N) is 3. The summed E-state index contributed by atoms with van der Waals surface area (Å²) in [5, 5.41) is 12.0. The number of hydrogen-bond acceptors (Lipinski definition) is 4. The van der Waals surface area contributed by atoms with Gasteiger partial charge in [0.25, 0.3) is 5.91 Å². The van der Waals surface area contributed by atoms with Gasteiger partial charge in [-0.1, -0.05) is 42.5 Å². The van der Waals surface area contributed by atoms with E-state index in [-0.39, 0.29) is 23.3 Å². The van der Waals surface area contributed by atoms with Gasteiger partial charge in [-0.25, -0.2) is 0 Å². The third kappa shape index (κ3) is 4.86. The summed E-state index contributed by atoms with van der Waals surface area (Å²) >= 11 is 0. The molecule has 3 rings (SSSR count). The first-order chi connectivity index (χ1) is 15.4. The number of amides is 1. The fourth-order valence-corrected chi connectivity index (χ4v) is 4.67. The minimum Gasteiger partial charge on any atom is -0.496 e. The number of carbonyl (C=O) groups excluding carboxylic acids is 1. The van der Waals surface area contributed by atoms with E-state index in [2.05, 4.69) is 22.4 Å². The highest BCUT2D eigenvalue weighted by atomic mass is 16.5. The molecule has 0 spiro atoms. The fourth-order valence-electron chi connectivity index (χ4n) is 4.67. The zero-order valence-electron chi connectivity index (χ0n) is 19.0. The number of hydrogen-bond donors (Lipinski definition) is 2. The monoisotopic (exact) mass is 433 g/mol. The minimum absolute atomic E-state index is 0.134. The van der Waals surface area contributed by atoms with Crippen LogP contribution in [0.3, 0.4) is 0 Å². The first kappa shape index (κ1) is 23.1. The first-order valence-corrected chi connectivity index (χ1v) is 10.8. The second kappa shape index (κ2) is 10.2. The summed E-state index contributed by atoms with van der Waals surface area (Å²) in [6, 6.07) is 16.1. The molecule has 0 atom stereocenters. The van der Waals surface area contributed by atoms with Crippen molar-refractivity contribution < 1.29 is 9.53 Å². The van der Waals surface area contributed by atoms with Crippen molar-refractivity contribution in [3.8, 4) is 11.9 Å². The molecule has 0 radical (unpaired) electrons. The van der Waals surface area contributed by atoms with E-state index in [9.17, 15) is 4.79 Å². The Morgan fingerprint density at radius 2 is 1.94 bits per heavy atom. The normalized spacial score (nSPS) is 20.8. The van der Waals surface area contributed by atoms with Crippen molar-refractivity contribution in [1.29, 1.82) is 5.26 Å². The Hall–Kier alpha value is -3.53. The van der Waals surface area contributed by atoms with Crippen LogP contribution in [0.15, 0.2) is 53.5 Å². The average molecular weight is 434 g/mol. The summed E-state index contributed by atoms with van der Waals surface area (Å²) in [4.78, 5) is 18.6. The number of carbonyl (C=O) groups is 1. The molecule has 0 heterocycles. The molecule has 1 amide bonds. The van der Waals surface area contributed by atoms with Crippen molar-refractivity contribution in [1.82, 2.24) is 10.2 Å². The Balaban J connectivity index is 1.79. The molecule has 2 aromatic carbocycles. The van der Waals surface area contributed by atoms with Gasteiger partial charge in [-0.2, -0.15) is 5.26 Å². The fraction of sp³-hybridized carbons (Fsp3) is 0.400. The lowest BCUT2D eigenvalue weighted by molar-refractivity contribution is 0.0927. The van der Waals surface area contributed by atoms with Crippen LogP contribution in [0.25, 0.3) is 0 Å². The summed E-state index contributed by atoms with van der Waals surface area (Å²) in [7, 11) is 3.46. The zero-order chi connectivity index (χ0) is 23.1. The van der Waals surface area contributed by atoms with Gasteiger partial charge in [0.1, 0.15) is 5.75 Å². The van der Waals surface area contributed by atoms with Gasteiger partial charge in [0.05, 0.1) is 12.7 Å². The number of guanidine groups is 1. The number of ether oxygens (including phenoxy) is 1. The van der Waals surface area contributed by atoms with Gasteiger partial charge in [-0.15, -0.1) is 4.99 Å². The molecule has 0 bridgehead atoms. The van der Waals surface area contributed by atoms with Crippen molar-refractivity contribution in [2.24, 2.45) is 10.7 Å². The van der Waals surface area contributed by atoms with Crippen molar-refractivity contribution >= 4 is 11.9 Å². The molecule has 1 aliphatic carbocycles. The molecule has 1 aliphatic rings. The van der Waals surface area contributed by atoms with Crippen LogP contribution in [0.4, 0.5) is 0 Å². The molecule has 32 heavy (non-hydrogen) atoms. The molecule has 3 N–H and O–H groups in total. The van der Waals surface area contributed by atoms with Gasteiger partial charge in [-0.05, 0) is 49.8 Å². The van der Waals surface area contributed by atoms with Crippen LogP contribution < -0.4 is 15.8 Å². The Morgan fingerprint density at radius 1 is 1.25 bits per heavy atom. The highest BCUT2D eigenvalue weighted by molar-refractivity contribution is 5.97. The molecule has 0 unspecified atom stereocenters. The van der Waals surface area contributed by atoms with E-state index in [1.165, 1.54) is 5.56 Å². The quantitative estimate of drug-likeness (QED) is 0.413. The smallest absolute Gasteiger partial charge is 0.255 e. The molecule has 2 aromatic rings. The van der Waals surface area contributed by atoms with Crippen molar-refractivity contribution in [3.63, 3.8) is 0 Å². The second-order valence-corrected chi connectivity index (χ2v) is 8.40. The number of nitrogens with two attached hydrogens (primary N) is 1. The van der Waals surface area contributed by atoms with Crippen LogP contribution in [0.2, 0.25) is 0 Å². The SMILES string of the molecule is COc1c(C)cccc1C(=O)NCC1(c2ccccc2)CCC(N(C)C(N)=NC#N)CC1. The van der Waals surface area contributed by atoms with Crippen LogP contribution in [-0.2, 0) is 5.41 Å². The first-order valence-electron chi connectivity index (χ1n) is 10.8. The van der Waals surface area contributed by atoms with Crippen molar-refractivity contribution in [2.75, 3.05) is 20.7 Å². The standard InChI is InChI=1S/C25H31N5O2/c1-18-8-7-11-21(22(18)32-3)23(31)28-16-25(19-9-5-4-6-10-19)14-12-20(13-15-25)30(2)24(27)29-17-26/h4-11,20H,12-16H2,1-3H3,(H2,27,29)(H,28,31). The maximum absolute atomic E-state index is 13.1. The van der Waals surface area contributed by atoms with Crippen LogP contribution in [-0.4, -0.2) is 43.5 Å². The Bertz CT molecular complexity index is 1000. The number of nitriles is 1. The van der Waals surface area contributed by atoms with Crippen molar-refractivity contribution in [2.45, 2.75) is 44.1 Å². The van der Waals surface area contributed by atoms with Gasteiger partial charge < -0.3 is 20.7 Å². The van der Waals surface area contributed by atoms with E-state index in [0.717, 1.165) is 31.2 Å². The number of rotatable bonds is 6. The lowest BCUT2D eigenvalue weighted by Crippen LogP contribution is -2.49. The lowest BCUT2D eigenvalue weighted by Gasteiger charge is -2.43. The maximum atomic E-state index is 13.1. The van der Waals surface area contributed by atoms with E-state index >= 15 is 0 Å². The molecule has 1 fully saturated rings. The van der Waals surface area contributed by atoms with E-state index in [1.807, 2.05) is 49.2 Å². The molecule has 0 aromatic heterocycles. The van der Waals surface area contributed by atoms with E-state index in [1.54, 1.807) is 19.4 Å². The largest absolute Gasteiger partial charge is 0.496 e. The molecule has 7 nitrogen and oxygen atoms in total. The third-order valence-electron chi connectivity index (χ3n) is 6.62. The van der Waals surface area contributed by atoms with Gasteiger partial charge >= 0.3 is 0 Å². The van der Waals surface area contributed by atoms with Crippen LogP contribution in [0.1, 0.15) is 47.2 Å². The molecule has 168 valence electrons. The van der Waals surface area contributed by atoms with Gasteiger partial charge in [0.15, 0.2) is 0 Å². The molecule has 1 saturated carbocycles. The predicted molar refractivity (Wildman–Crippen MR) is 125 cm³/mol. The molecule has 0 aliphatic heterocycles. The molecular formula is C25H31N5O2. The summed E-state index contributed by atoms with van der Waals surface area (Å²) in [5.41, 5.74) is 8.44. The molecule has 7 heteroatoms. The Labute approximate surface area is 189 Å².